The molecule has 0 spiro atoms. The van der Waals surface area contributed by atoms with E-state index in [0.717, 1.165) is 27.1 Å². The van der Waals surface area contributed by atoms with Crippen molar-refractivity contribution >= 4 is 23.2 Å². The Labute approximate surface area is 198 Å². The number of hydrogen-bond acceptors (Lipinski definition) is 6. The van der Waals surface area contributed by atoms with Gasteiger partial charge in [0.05, 0.1) is 17.6 Å². The molecule has 0 bridgehead atoms. The third kappa shape index (κ3) is 4.04. The molecule has 6 nitrogen and oxygen atoms in total. The van der Waals surface area contributed by atoms with E-state index in [2.05, 4.69) is 6.07 Å². The second-order valence-corrected chi connectivity index (χ2v) is 10.1. The number of amides is 1. The number of rotatable bonds is 4. The Kier molecular flexibility index (Phi) is 5.61. The number of carbonyl (C=O) groups excluding carboxylic acids is 1. The molecule has 0 aliphatic carbocycles. The Morgan fingerprint density at radius 2 is 1.85 bits per heavy atom. The van der Waals surface area contributed by atoms with E-state index in [9.17, 15) is 10.1 Å². The standard InChI is InChI=1S/C26H27N5OS/c1-25(2,29)20-10-8-17(9-11-20)22-23(32)31(4)24(28)30-26(22,3)21-13-19(15-33-21)18-7-5-6-16(12-18)14-27/h5-13,15,22H,29H2,1-4H3,(H2,28,30)/t22-,26+/m0/s1. The van der Waals surface area contributed by atoms with Crippen LogP contribution < -0.4 is 11.5 Å². The van der Waals surface area contributed by atoms with Gasteiger partial charge in [0, 0.05) is 17.5 Å². The molecule has 4 N–H and O–H groups in total. The van der Waals surface area contributed by atoms with E-state index < -0.39 is 17.0 Å². The Hall–Kier alpha value is -3.47. The van der Waals surface area contributed by atoms with Gasteiger partial charge < -0.3 is 11.5 Å². The van der Waals surface area contributed by atoms with Crippen molar-refractivity contribution in [2.24, 2.45) is 16.5 Å². The molecular weight excluding hydrogens is 430 g/mol. The van der Waals surface area contributed by atoms with Gasteiger partial charge in [-0.05, 0) is 66.6 Å². The van der Waals surface area contributed by atoms with Crippen molar-refractivity contribution in [3.8, 4) is 17.2 Å². The van der Waals surface area contributed by atoms with Crippen LogP contribution in [0.3, 0.4) is 0 Å². The predicted octanol–water partition coefficient (Wildman–Crippen LogP) is 4.27. The molecule has 7 heteroatoms. The first kappa shape index (κ1) is 22.7. The molecule has 0 saturated heterocycles. The van der Waals surface area contributed by atoms with Crippen molar-refractivity contribution in [2.45, 2.75) is 37.8 Å². The Balaban J connectivity index is 1.81. The molecule has 2 atom stereocenters. The number of nitrogens with two attached hydrogens (primary N) is 2. The van der Waals surface area contributed by atoms with Gasteiger partial charge in [-0.15, -0.1) is 11.3 Å². The Bertz CT molecular complexity index is 1280. The van der Waals surface area contributed by atoms with Gasteiger partial charge in [0.15, 0.2) is 5.96 Å². The lowest BCUT2D eigenvalue weighted by Gasteiger charge is -2.40. The predicted molar refractivity (Wildman–Crippen MR) is 133 cm³/mol. The van der Waals surface area contributed by atoms with Gasteiger partial charge in [0.2, 0.25) is 5.91 Å². The fourth-order valence-electron chi connectivity index (χ4n) is 4.22. The topological polar surface area (TPSA) is 108 Å². The van der Waals surface area contributed by atoms with Crippen molar-refractivity contribution in [2.75, 3.05) is 7.05 Å². The highest BCUT2D eigenvalue weighted by Gasteiger charge is 2.48. The van der Waals surface area contributed by atoms with Crippen molar-refractivity contribution in [3.05, 3.63) is 81.5 Å². The molecule has 0 unspecified atom stereocenters. The summed E-state index contributed by atoms with van der Waals surface area (Å²) in [4.78, 5) is 20.6. The van der Waals surface area contributed by atoms with Crippen molar-refractivity contribution < 1.29 is 4.79 Å². The van der Waals surface area contributed by atoms with Crippen LogP contribution in [0.15, 0.2) is 65.0 Å². The highest BCUT2D eigenvalue weighted by Crippen LogP contribution is 2.47. The first-order valence-corrected chi connectivity index (χ1v) is 11.5. The number of benzene rings is 2. The number of hydrogen-bond donors (Lipinski definition) is 2. The second kappa shape index (κ2) is 8.14. The average molecular weight is 458 g/mol. The van der Waals surface area contributed by atoms with Crippen LogP contribution in [0.1, 0.15) is 48.3 Å². The van der Waals surface area contributed by atoms with Gasteiger partial charge in [-0.1, -0.05) is 36.4 Å². The maximum absolute atomic E-state index is 13.5. The lowest BCUT2D eigenvalue weighted by molar-refractivity contribution is -0.130. The highest BCUT2D eigenvalue weighted by molar-refractivity contribution is 7.10. The molecule has 1 aliphatic rings. The zero-order valence-electron chi connectivity index (χ0n) is 19.2. The molecule has 0 radical (unpaired) electrons. The molecule has 0 saturated carbocycles. The number of aliphatic imine (C=N–C) groups is 1. The number of likely N-dealkylation sites (N-methyl/N-ethyl adjacent to an activating group) is 1. The molecule has 1 aliphatic heterocycles. The van der Waals surface area contributed by atoms with Crippen molar-refractivity contribution in [1.29, 1.82) is 5.26 Å². The lowest BCUT2D eigenvalue weighted by atomic mass is 9.77. The van der Waals surface area contributed by atoms with Crippen LogP contribution in [-0.4, -0.2) is 23.8 Å². The van der Waals surface area contributed by atoms with Crippen LogP contribution >= 0.6 is 11.3 Å². The minimum Gasteiger partial charge on any atom is -0.369 e. The smallest absolute Gasteiger partial charge is 0.239 e. The van der Waals surface area contributed by atoms with E-state index in [1.165, 1.54) is 16.2 Å². The summed E-state index contributed by atoms with van der Waals surface area (Å²) < 4.78 is 0. The zero-order valence-corrected chi connectivity index (χ0v) is 20.0. The number of nitriles is 1. The molecule has 2 aromatic carbocycles. The maximum atomic E-state index is 13.5. The van der Waals surface area contributed by atoms with Crippen LogP contribution in [0.2, 0.25) is 0 Å². The van der Waals surface area contributed by atoms with Gasteiger partial charge in [-0.3, -0.25) is 9.69 Å². The summed E-state index contributed by atoms with van der Waals surface area (Å²) in [6.07, 6.45) is 0. The van der Waals surface area contributed by atoms with E-state index in [1.807, 2.05) is 74.7 Å². The molecule has 4 rings (SSSR count). The molecular formula is C26H27N5OS. The van der Waals surface area contributed by atoms with Crippen LogP contribution in [-0.2, 0) is 15.9 Å². The first-order chi connectivity index (χ1) is 15.5. The molecule has 33 heavy (non-hydrogen) atoms. The Morgan fingerprint density at radius 1 is 1.15 bits per heavy atom. The van der Waals surface area contributed by atoms with E-state index in [1.54, 1.807) is 13.1 Å². The van der Waals surface area contributed by atoms with Gasteiger partial charge in [0.1, 0.15) is 5.54 Å². The van der Waals surface area contributed by atoms with Gasteiger partial charge in [-0.25, -0.2) is 4.99 Å². The van der Waals surface area contributed by atoms with Gasteiger partial charge in [-0.2, -0.15) is 5.26 Å². The normalized spacial score (nSPS) is 21.0. The molecule has 1 amide bonds. The summed E-state index contributed by atoms with van der Waals surface area (Å²) >= 11 is 1.54. The average Bonchev–Trinajstić information content (AvgIpc) is 3.29. The lowest BCUT2D eigenvalue weighted by Crippen LogP contribution is -2.52. The van der Waals surface area contributed by atoms with Crippen LogP contribution in [0, 0.1) is 11.3 Å². The van der Waals surface area contributed by atoms with Crippen molar-refractivity contribution in [3.63, 3.8) is 0 Å². The Morgan fingerprint density at radius 3 is 2.48 bits per heavy atom. The fourth-order valence-corrected chi connectivity index (χ4v) is 5.27. The number of thiophene rings is 1. The summed E-state index contributed by atoms with van der Waals surface area (Å²) in [5, 5.41) is 11.3. The molecule has 1 aromatic heterocycles. The van der Waals surface area contributed by atoms with E-state index >= 15 is 0 Å². The van der Waals surface area contributed by atoms with E-state index in [0.29, 0.717) is 5.56 Å². The second-order valence-electron chi connectivity index (χ2n) is 9.18. The summed E-state index contributed by atoms with van der Waals surface area (Å²) in [7, 11) is 1.65. The van der Waals surface area contributed by atoms with Crippen LogP contribution in [0.4, 0.5) is 0 Å². The summed E-state index contributed by atoms with van der Waals surface area (Å²) in [5.41, 5.74) is 15.4. The SMILES string of the molecule is CN1C(=O)[C@H](c2ccc(C(C)(C)N)cc2)[C@@](C)(c2cc(-c3cccc(C#N)c3)cs2)N=C1N. The van der Waals surface area contributed by atoms with E-state index in [-0.39, 0.29) is 11.9 Å². The number of nitrogens with zero attached hydrogens (tertiary/aromatic N) is 3. The summed E-state index contributed by atoms with van der Waals surface area (Å²) in [6.45, 7) is 5.85. The number of guanidine groups is 1. The maximum Gasteiger partial charge on any atom is 0.239 e. The number of carbonyl (C=O) groups is 1. The summed E-state index contributed by atoms with van der Waals surface area (Å²) in [6, 6.07) is 19.6. The third-order valence-corrected chi connectivity index (χ3v) is 7.40. The minimum atomic E-state index is -0.872. The van der Waals surface area contributed by atoms with Crippen LogP contribution in [0.25, 0.3) is 11.1 Å². The van der Waals surface area contributed by atoms with Gasteiger partial charge >= 0.3 is 0 Å². The first-order valence-electron chi connectivity index (χ1n) is 10.7. The molecule has 2 heterocycles. The highest BCUT2D eigenvalue weighted by atomic mass is 32.1. The van der Waals surface area contributed by atoms with E-state index in [4.69, 9.17) is 16.5 Å². The van der Waals surface area contributed by atoms with Gasteiger partial charge in [0.25, 0.3) is 0 Å². The molecule has 3 aromatic rings. The summed E-state index contributed by atoms with van der Waals surface area (Å²) in [5.74, 6) is -0.451. The zero-order chi connectivity index (χ0) is 24.0. The molecule has 168 valence electrons. The largest absolute Gasteiger partial charge is 0.369 e. The van der Waals surface area contributed by atoms with Crippen molar-refractivity contribution in [1.82, 2.24) is 4.90 Å². The quantitative estimate of drug-likeness (QED) is 0.610. The minimum absolute atomic E-state index is 0.105. The fraction of sp³-hybridized carbons (Fsp3) is 0.269. The van der Waals surface area contributed by atoms with Crippen LogP contribution in [0.5, 0.6) is 0 Å². The monoisotopic (exact) mass is 457 g/mol. The third-order valence-electron chi connectivity index (χ3n) is 6.24. The molecule has 0 fully saturated rings.